The minimum absolute atomic E-state index is 0.156. The number of hydrogen-bond acceptors (Lipinski definition) is 16. The van der Waals surface area contributed by atoms with E-state index in [0.29, 0.717) is 25.7 Å². The molecule has 0 N–H and O–H groups in total. The molecule has 3 atom stereocenters. The van der Waals surface area contributed by atoms with E-state index >= 15 is 0 Å². The Kier molecular flexibility index (Phi) is 14.3. The quantitative estimate of drug-likeness (QED) is 0.0550. The molecule has 0 amide bonds. The van der Waals surface area contributed by atoms with E-state index in [9.17, 15) is 38.4 Å². The van der Waals surface area contributed by atoms with E-state index in [2.05, 4.69) is 0 Å². The van der Waals surface area contributed by atoms with Gasteiger partial charge in [0.25, 0.3) is 0 Å². The number of carbonyl (C=O) groups is 8. The Labute approximate surface area is 317 Å². The first kappa shape index (κ1) is 42.2. The lowest BCUT2D eigenvalue weighted by molar-refractivity contribution is -0.183. The van der Waals surface area contributed by atoms with Crippen molar-refractivity contribution in [2.45, 2.75) is 103 Å². The van der Waals surface area contributed by atoms with Gasteiger partial charge in [0.05, 0.1) is 44.5 Å². The van der Waals surface area contributed by atoms with E-state index in [4.69, 9.17) is 37.9 Å². The van der Waals surface area contributed by atoms with Crippen LogP contribution in [0, 0.1) is 5.92 Å². The SMILES string of the molecule is CCCCCCCOC(=O)OC1(OC(=O)OC)C2=C(CC(=O)C(C)C2=O)C(=O)C2=C1C(=O)c1ccccc1C2(OC(=O)OC)OC(=O)OCCCCCCC. The minimum atomic E-state index is -3.32. The van der Waals surface area contributed by atoms with Crippen molar-refractivity contribution in [2.24, 2.45) is 5.92 Å². The number of Topliss-reactive ketones (excluding diaryl/α,β-unsaturated/α-hetero) is 4. The lowest BCUT2D eigenvalue weighted by Crippen LogP contribution is -2.59. The van der Waals surface area contributed by atoms with Crippen LogP contribution in [0.1, 0.15) is 107 Å². The maximum absolute atomic E-state index is 14.8. The third kappa shape index (κ3) is 8.73. The van der Waals surface area contributed by atoms with E-state index in [1.54, 1.807) is 0 Å². The van der Waals surface area contributed by atoms with Gasteiger partial charge in [-0.05, 0) is 19.8 Å². The van der Waals surface area contributed by atoms with Crippen molar-refractivity contribution in [3.8, 4) is 0 Å². The summed E-state index contributed by atoms with van der Waals surface area (Å²) in [5, 5.41) is 0. The molecule has 0 heterocycles. The van der Waals surface area contributed by atoms with Crippen molar-refractivity contribution in [3.05, 3.63) is 57.7 Å². The molecule has 0 aliphatic heterocycles. The van der Waals surface area contributed by atoms with Crippen molar-refractivity contribution in [1.82, 2.24) is 0 Å². The van der Waals surface area contributed by atoms with Gasteiger partial charge in [-0.3, -0.25) is 19.2 Å². The van der Waals surface area contributed by atoms with Gasteiger partial charge in [-0.15, -0.1) is 0 Å². The maximum Gasteiger partial charge on any atom is 0.512 e. The normalized spacial score (nSPS) is 21.5. The summed E-state index contributed by atoms with van der Waals surface area (Å²) in [4.78, 5) is 110. The molecule has 0 saturated carbocycles. The van der Waals surface area contributed by atoms with Crippen LogP contribution in [0.4, 0.5) is 19.2 Å². The predicted octanol–water partition coefficient (Wildman–Crippen LogP) is 6.90. The molecule has 0 spiro atoms. The number of ketones is 4. The van der Waals surface area contributed by atoms with E-state index in [0.717, 1.165) is 52.7 Å². The standard InChI is InChI=1S/C39H46O16/c1-6-8-10-12-16-20-50-36(46)54-38(52-34(44)48-4)26-19-15-14-18-24(26)32(42)30-29(38)33(43)25-22-27(40)23(3)31(41)28(25)39(30,53-35(45)49-5)55-37(47)51-21-17-13-11-9-7-2/h14-15,18-19,23H,6-13,16-17,20-22H2,1-5H3. The summed E-state index contributed by atoms with van der Waals surface area (Å²) >= 11 is 0. The summed E-state index contributed by atoms with van der Waals surface area (Å²) in [5.74, 6) is -12.3. The Morgan fingerprint density at radius 1 is 0.618 bits per heavy atom. The first-order valence-corrected chi connectivity index (χ1v) is 18.3. The summed E-state index contributed by atoms with van der Waals surface area (Å²) in [5.41, 5.74) is -4.50. The monoisotopic (exact) mass is 770 g/mol. The minimum Gasteiger partial charge on any atom is -0.438 e. The fraction of sp³-hybridized carbons (Fsp3) is 0.538. The van der Waals surface area contributed by atoms with Gasteiger partial charge in [-0.2, -0.15) is 0 Å². The van der Waals surface area contributed by atoms with Crippen molar-refractivity contribution >= 4 is 47.8 Å². The van der Waals surface area contributed by atoms with Gasteiger partial charge >= 0.3 is 36.2 Å². The number of hydrogen-bond donors (Lipinski definition) is 0. The van der Waals surface area contributed by atoms with E-state index < -0.39 is 105 Å². The van der Waals surface area contributed by atoms with Crippen LogP contribution in [-0.4, -0.2) is 81.0 Å². The summed E-state index contributed by atoms with van der Waals surface area (Å²) in [7, 11) is 1.79. The molecular formula is C39H46O16. The van der Waals surface area contributed by atoms with Crippen molar-refractivity contribution < 1.29 is 76.3 Å². The van der Waals surface area contributed by atoms with Crippen molar-refractivity contribution in [3.63, 3.8) is 0 Å². The lowest BCUT2D eigenvalue weighted by atomic mass is 9.64. The van der Waals surface area contributed by atoms with Gasteiger partial charge < -0.3 is 37.9 Å². The Hall–Kier alpha value is -5.54. The summed E-state index contributed by atoms with van der Waals surface area (Å²) in [6.45, 7) is 4.91. The fourth-order valence-corrected chi connectivity index (χ4v) is 6.64. The Morgan fingerprint density at radius 3 is 1.64 bits per heavy atom. The van der Waals surface area contributed by atoms with Crippen LogP contribution in [0.3, 0.4) is 0 Å². The Bertz CT molecular complexity index is 1770. The van der Waals surface area contributed by atoms with E-state index in [1.165, 1.54) is 31.2 Å². The molecular weight excluding hydrogens is 724 g/mol. The second-order valence-electron chi connectivity index (χ2n) is 13.1. The molecule has 0 fully saturated rings. The van der Waals surface area contributed by atoms with Crippen LogP contribution < -0.4 is 0 Å². The van der Waals surface area contributed by atoms with Crippen LogP contribution in [0.25, 0.3) is 0 Å². The van der Waals surface area contributed by atoms with Crippen LogP contribution in [-0.2, 0) is 58.1 Å². The average molecular weight is 771 g/mol. The number of methoxy groups -OCH3 is 2. The highest BCUT2D eigenvalue weighted by Crippen LogP contribution is 2.55. The number of unbranched alkanes of at least 4 members (excludes halogenated alkanes) is 8. The topological polar surface area (TPSA) is 210 Å². The van der Waals surface area contributed by atoms with Crippen LogP contribution in [0.5, 0.6) is 0 Å². The number of rotatable bonds is 16. The first-order chi connectivity index (χ1) is 26.3. The second-order valence-corrected chi connectivity index (χ2v) is 13.1. The molecule has 0 radical (unpaired) electrons. The van der Waals surface area contributed by atoms with Crippen molar-refractivity contribution in [2.75, 3.05) is 27.4 Å². The second kappa shape index (κ2) is 18.7. The van der Waals surface area contributed by atoms with Gasteiger partial charge in [-0.1, -0.05) is 89.5 Å². The summed E-state index contributed by atoms with van der Waals surface area (Å²) in [6, 6.07) is 5.14. The predicted molar refractivity (Wildman–Crippen MR) is 187 cm³/mol. The average Bonchev–Trinajstić information content (AvgIpc) is 3.16. The molecule has 3 aliphatic carbocycles. The number of fused-ring (bicyclic) bond motifs is 1. The third-order valence-corrected chi connectivity index (χ3v) is 9.44. The molecule has 298 valence electrons. The third-order valence-electron chi connectivity index (χ3n) is 9.44. The maximum atomic E-state index is 14.8. The molecule has 0 saturated heterocycles. The summed E-state index contributed by atoms with van der Waals surface area (Å²) in [6.07, 6.45) is 0.713. The highest BCUT2D eigenvalue weighted by atomic mass is 16.9. The Balaban J connectivity index is 2.00. The zero-order valence-electron chi connectivity index (χ0n) is 31.6. The summed E-state index contributed by atoms with van der Waals surface area (Å²) < 4.78 is 42.7. The van der Waals surface area contributed by atoms with Gasteiger partial charge in [0.1, 0.15) is 16.9 Å². The number of carbonyl (C=O) groups excluding carboxylic acids is 8. The molecule has 3 unspecified atom stereocenters. The molecule has 1 aromatic rings. The molecule has 0 bridgehead atoms. The van der Waals surface area contributed by atoms with Gasteiger partial charge in [0, 0.05) is 17.6 Å². The molecule has 55 heavy (non-hydrogen) atoms. The largest absolute Gasteiger partial charge is 0.512 e. The molecule has 16 nitrogen and oxygen atoms in total. The van der Waals surface area contributed by atoms with Crippen LogP contribution >= 0.6 is 0 Å². The van der Waals surface area contributed by atoms with E-state index in [1.807, 2.05) is 13.8 Å². The van der Waals surface area contributed by atoms with Gasteiger partial charge in [-0.25, -0.2) is 19.2 Å². The molecule has 4 rings (SSSR count). The van der Waals surface area contributed by atoms with Crippen LogP contribution in [0.2, 0.25) is 0 Å². The van der Waals surface area contributed by atoms with Gasteiger partial charge in [0.2, 0.25) is 0 Å². The zero-order chi connectivity index (χ0) is 40.3. The van der Waals surface area contributed by atoms with Crippen molar-refractivity contribution in [1.29, 1.82) is 0 Å². The highest BCUT2D eigenvalue weighted by molar-refractivity contribution is 6.31. The smallest absolute Gasteiger partial charge is 0.438 e. The molecule has 3 aliphatic rings. The molecule has 0 aromatic heterocycles. The fourth-order valence-electron chi connectivity index (χ4n) is 6.64. The van der Waals surface area contributed by atoms with Gasteiger partial charge in [0.15, 0.2) is 17.3 Å². The van der Waals surface area contributed by atoms with Crippen LogP contribution in [0.15, 0.2) is 46.6 Å². The number of ether oxygens (including phenoxy) is 8. The van der Waals surface area contributed by atoms with E-state index in [-0.39, 0.29) is 13.2 Å². The number of allylic oxidation sites excluding steroid dienone is 1. The lowest BCUT2D eigenvalue weighted by Gasteiger charge is -2.46. The Morgan fingerprint density at radius 2 is 1.09 bits per heavy atom. The molecule has 16 heteroatoms. The zero-order valence-corrected chi connectivity index (χ0v) is 31.6. The first-order valence-electron chi connectivity index (χ1n) is 18.3. The molecule has 1 aromatic carbocycles. The highest BCUT2D eigenvalue weighted by Gasteiger charge is 2.68. The number of benzene rings is 1.